The molecule has 0 saturated heterocycles. The van der Waals surface area contributed by atoms with E-state index < -0.39 is 0 Å². The summed E-state index contributed by atoms with van der Waals surface area (Å²) >= 11 is 0. The average molecular weight is 248 g/mol. The van der Waals surface area contributed by atoms with Gasteiger partial charge < -0.3 is 10.1 Å². The third-order valence-corrected chi connectivity index (χ3v) is 3.84. The van der Waals surface area contributed by atoms with E-state index in [9.17, 15) is 0 Å². The van der Waals surface area contributed by atoms with Gasteiger partial charge in [0.05, 0.1) is 0 Å². The van der Waals surface area contributed by atoms with Gasteiger partial charge in [-0.25, -0.2) is 4.98 Å². The molecule has 18 heavy (non-hydrogen) atoms. The first-order valence-corrected chi connectivity index (χ1v) is 7.10. The molecule has 1 saturated carbocycles. The summed E-state index contributed by atoms with van der Waals surface area (Å²) in [6, 6.07) is 4.06. The highest BCUT2D eigenvalue weighted by Gasteiger charge is 2.26. The van der Waals surface area contributed by atoms with Crippen molar-refractivity contribution in [2.45, 2.75) is 51.7 Å². The quantitative estimate of drug-likeness (QED) is 0.869. The molecule has 3 nitrogen and oxygen atoms in total. The molecule has 1 fully saturated rings. The van der Waals surface area contributed by atoms with Crippen LogP contribution in [0.3, 0.4) is 0 Å². The second-order valence-corrected chi connectivity index (χ2v) is 5.11. The predicted octanol–water partition coefficient (Wildman–Crippen LogP) is 3.15. The Morgan fingerprint density at radius 2 is 2.22 bits per heavy atom. The van der Waals surface area contributed by atoms with Crippen LogP contribution in [0, 0.1) is 5.92 Å². The van der Waals surface area contributed by atoms with Crippen LogP contribution in [0.25, 0.3) is 0 Å². The van der Waals surface area contributed by atoms with Crippen molar-refractivity contribution in [1.29, 1.82) is 0 Å². The van der Waals surface area contributed by atoms with Crippen LogP contribution in [0.4, 0.5) is 0 Å². The Morgan fingerprint density at radius 3 is 3.00 bits per heavy atom. The van der Waals surface area contributed by atoms with Gasteiger partial charge in [-0.3, -0.25) is 0 Å². The van der Waals surface area contributed by atoms with Gasteiger partial charge in [0.1, 0.15) is 6.10 Å². The normalized spacial score (nSPS) is 23.9. The number of pyridine rings is 1. The molecule has 2 rings (SSSR count). The number of hydrogen-bond acceptors (Lipinski definition) is 3. The summed E-state index contributed by atoms with van der Waals surface area (Å²) < 4.78 is 6.19. The Hall–Kier alpha value is -1.09. The molecule has 1 aliphatic carbocycles. The molecule has 1 aromatic heterocycles. The van der Waals surface area contributed by atoms with Gasteiger partial charge in [-0.05, 0) is 44.7 Å². The largest absolute Gasteiger partial charge is 0.474 e. The first-order valence-electron chi connectivity index (χ1n) is 7.10. The molecule has 0 aliphatic heterocycles. The minimum absolute atomic E-state index is 0.356. The van der Waals surface area contributed by atoms with Crippen molar-refractivity contribution in [3.8, 4) is 5.88 Å². The van der Waals surface area contributed by atoms with Crippen LogP contribution in [0.15, 0.2) is 18.3 Å². The van der Waals surface area contributed by atoms with Gasteiger partial charge in [0.2, 0.25) is 5.88 Å². The standard InChI is InChI=1S/C15H24N2O/c1-3-12-7-4-5-9-14(12)18-15-13(11-16-2)8-6-10-17-15/h6,8,10,12,14,16H,3-5,7,9,11H2,1-2H3. The molecule has 1 heterocycles. The summed E-state index contributed by atoms with van der Waals surface area (Å²) in [6.07, 6.45) is 8.49. The van der Waals surface area contributed by atoms with Crippen LogP contribution < -0.4 is 10.1 Å². The Balaban J connectivity index is 2.07. The van der Waals surface area contributed by atoms with E-state index in [-0.39, 0.29) is 0 Å². The third-order valence-electron chi connectivity index (χ3n) is 3.84. The summed E-state index contributed by atoms with van der Waals surface area (Å²) in [5.41, 5.74) is 1.15. The Kier molecular flexibility index (Phi) is 5.00. The zero-order valence-corrected chi connectivity index (χ0v) is 11.5. The van der Waals surface area contributed by atoms with E-state index in [2.05, 4.69) is 23.3 Å². The van der Waals surface area contributed by atoms with Crippen LogP contribution in [0.5, 0.6) is 5.88 Å². The van der Waals surface area contributed by atoms with E-state index >= 15 is 0 Å². The van der Waals surface area contributed by atoms with E-state index in [1.807, 2.05) is 19.3 Å². The number of hydrogen-bond donors (Lipinski definition) is 1. The van der Waals surface area contributed by atoms with E-state index in [1.54, 1.807) is 0 Å². The van der Waals surface area contributed by atoms with E-state index in [4.69, 9.17) is 4.74 Å². The van der Waals surface area contributed by atoms with Crippen molar-refractivity contribution in [3.05, 3.63) is 23.9 Å². The highest BCUT2D eigenvalue weighted by Crippen LogP contribution is 2.30. The lowest BCUT2D eigenvalue weighted by molar-refractivity contribution is 0.0847. The summed E-state index contributed by atoms with van der Waals surface area (Å²) in [5.74, 6) is 1.51. The summed E-state index contributed by atoms with van der Waals surface area (Å²) in [5, 5.41) is 3.17. The number of ether oxygens (including phenoxy) is 1. The molecule has 1 aromatic rings. The fourth-order valence-electron chi connectivity index (χ4n) is 2.79. The lowest BCUT2D eigenvalue weighted by Gasteiger charge is -2.31. The Bertz CT molecular complexity index is 367. The van der Waals surface area contributed by atoms with Crippen molar-refractivity contribution >= 4 is 0 Å². The maximum absolute atomic E-state index is 6.19. The van der Waals surface area contributed by atoms with Crippen molar-refractivity contribution in [2.24, 2.45) is 5.92 Å². The van der Waals surface area contributed by atoms with Crippen LogP contribution in [-0.2, 0) is 6.54 Å². The first kappa shape index (κ1) is 13.3. The number of nitrogens with zero attached hydrogens (tertiary/aromatic N) is 1. The number of rotatable bonds is 5. The Labute approximate surface area is 110 Å². The second kappa shape index (κ2) is 6.74. The van der Waals surface area contributed by atoms with Gasteiger partial charge in [0.15, 0.2) is 0 Å². The minimum atomic E-state index is 0.356. The van der Waals surface area contributed by atoms with Gasteiger partial charge in [-0.2, -0.15) is 0 Å². The molecular weight excluding hydrogens is 224 g/mol. The molecular formula is C15H24N2O. The fraction of sp³-hybridized carbons (Fsp3) is 0.667. The van der Waals surface area contributed by atoms with Gasteiger partial charge in [-0.1, -0.05) is 19.4 Å². The zero-order valence-electron chi connectivity index (χ0n) is 11.5. The SMILES string of the molecule is CCC1CCCCC1Oc1ncccc1CNC. The highest BCUT2D eigenvalue weighted by atomic mass is 16.5. The van der Waals surface area contributed by atoms with Crippen LogP contribution in [0.2, 0.25) is 0 Å². The van der Waals surface area contributed by atoms with E-state index in [0.717, 1.165) is 18.0 Å². The van der Waals surface area contributed by atoms with Gasteiger partial charge >= 0.3 is 0 Å². The van der Waals surface area contributed by atoms with Gasteiger partial charge in [0, 0.05) is 18.3 Å². The van der Waals surface area contributed by atoms with Crippen LogP contribution >= 0.6 is 0 Å². The summed E-state index contributed by atoms with van der Waals surface area (Å²) in [7, 11) is 1.95. The summed E-state index contributed by atoms with van der Waals surface area (Å²) in [4.78, 5) is 4.40. The zero-order chi connectivity index (χ0) is 12.8. The maximum Gasteiger partial charge on any atom is 0.218 e. The monoisotopic (exact) mass is 248 g/mol. The molecule has 0 spiro atoms. The van der Waals surface area contributed by atoms with Gasteiger partial charge in [0.25, 0.3) is 0 Å². The molecule has 0 radical (unpaired) electrons. The molecule has 0 amide bonds. The lowest BCUT2D eigenvalue weighted by atomic mass is 9.85. The van der Waals surface area contributed by atoms with Gasteiger partial charge in [-0.15, -0.1) is 0 Å². The number of nitrogens with one attached hydrogen (secondary N) is 1. The van der Waals surface area contributed by atoms with Crippen LogP contribution in [0.1, 0.15) is 44.6 Å². The van der Waals surface area contributed by atoms with E-state index in [0.29, 0.717) is 12.0 Å². The smallest absolute Gasteiger partial charge is 0.218 e. The first-order chi connectivity index (χ1) is 8.85. The van der Waals surface area contributed by atoms with Crippen LogP contribution in [-0.4, -0.2) is 18.1 Å². The summed E-state index contributed by atoms with van der Waals surface area (Å²) in [6.45, 7) is 3.08. The van der Waals surface area contributed by atoms with Crippen molar-refractivity contribution in [1.82, 2.24) is 10.3 Å². The van der Waals surface area contributed by atoms with Crippen molar-refractivity contribution in [3.63, 3.8) is 0 Å². The Morgan fingerprint density at radius 1 is 1.39 bits per heavy atom. The maximum atomic E-state index is 6.19. The minimum Gasteiger partial charge on any atom is -0.474 e. The topological polar surface area (TPSA) is 34.1 Å². The number of aromatic nitrogens is 1. The molecule has 2 atom stereocenters. The molecule has 0 bridgehead atoms. The average Bonchev–Trinajstić information content (AvgIpc) is 2.42. The molecule has 2 unspecified atom stereocenters. The van der Waals surface area contributed by atoms with E-state index in [1.165, 1.54) is 32.1 Å². The molecule has 0 aromatic carbocycles. The highest BCUT2D eigenvalue weighted by molar-refractivity contribution is 5.25. The molecule has 1 aliphatic rings. The molecule has 3 heteroatoms. The second-order valence-electron chi connectivity index (χ2n) is 5.11. The lowest BCUT2D eigenvalue weighted by Crippen LogP contribution is -2.30. The third kappa shape index (κ3) is 3.22. The fourth-order valence-corrected chi connectivity index (χ4v) is 2.79. The molecule has 100 valence electrons. The van der Waals surface area contributed by atoms with Crippen molar-refractivity contribution < 1.29 is 4.74 Å². The van der Waals surface area contributed by atoms with Crippen molar-refractivity contribution in [2.75, 3.05) is 7.05 Å². The molecule has 1 N–H and O–H groups in total. The predicted molar refractivity (Wildman–Crippen MR) is 73.7 cm³/mol.